The molecule has 150 valence electrons. The van der Waals surface area contributed by atoms with Gasteiger partial charge >= 0.3 is 0 Å². The highest BCUT2D eigenvalue weighted by Gasteiger charge is 2.24. The summed E-state index contributed by atoms with van der Waals surface area (Å²) in [5, 5.41) is 2.78. The van der Waals surface area contributed by atoms with Gasteiger partial charge in [-0.05, 0) is 39.4 Å². The summed E-state index contributed by atoms with van der Waals surface area (Å²) in [6.45, 7) is 6.89. The molecule has 0 aromatic heterocycles. The lowest BCUT2D eigenvalue weighted by atomic mass is 10.2. The van der Waals surface area contributed by atoms with Crippen LogP contribution >= 0.6 is 12.6 Å². The van der Waals surface area contributed by atoms with E-state index in [2.05, 4.69) is 43.9 Å². The molecular formula is C17H38FN4O2S+. The van der Waals surface area contributed by atoms with Crippen LogP contribution < -0.4 is 10.9 Å². The Morgan fingerprint density at radius 3 is 2.48 bits per heavy atom. The molecule has 2 N–H and O–H groups in total. The number of unbranched alkanes of at least 4 members (excludes halogenated alkanes) is 2. The number of rotatable bonds is 17. The van der Waals surface area contributed by atoms with Crippen molar-refractivity contribution in [3.05, 3.63) is 0 Å². The normalized spacial score (nSPS) is 13.8. The van der Waals surface area contributed by atoms with Crippen molar-refractivity contribution in [3.8, 4) is 0 Å². The highest BCUT2D eigenvalue weighted by Crippen LogP contribution is 2.10. The van der Waals surface area contributed by atoms with E-state index in [1.165, 1.54) is 0 Å². The minimum Gasteiger partial charge on any atom is -0.353 e. The first-order valence-electron chi connectivity index (χ1n) is 9.36. The van der Waals surface area contributed by atoms with E-state index in [0.29, 0.717) is 23.5 Å². The molecule has 8 heteroatoms. The molecule has 0 aliphatic carbocycles. The Kier molecular flexibility index (Phi) is 15.6. The molecular weight excluding hydrogens is 343 g/mol. The highest BCUT2D eigenvalue weighted by molar-refractivity contribution is 7.80. The number of carbonyl (C=O) groups excluding carboxylic acids is 1. The van der Waals surface area contributed by atoms with Crippen LogP contribution in [0.4, 0.5) is 4.48 Å². The fourth-order valence-corrected chi connectivity index (χ4v) is 2.66. The molecule has 0 heterocycles. The second-order valence-corrected chi connectivity index (χ2v) is 7.14. The van der Waals surface area contributed by atoms with Gasteiger partial charge in [0.05, 0.1) is 7.05 Å². The van der Waals surface area contributed by atoms with Crippen molar-refractivity contribution in [1.82, 2.24) is 15.8 Å². The van der Waals surface area contributed by atoms with Crippen LogP contribution in [0.2, 0.25) is 0 Å². The fourth-order valence-electron chi connectivity index (χ4n) is 2.55. The van der Waals surface area contributed by atoms with E-state index in [9.17, 15) is 9.28 Å². The Hall–Kier alpha value is -0.410. The molecule has 0 aliphatic rings. The second kappa shape index (κ2) is 15.8. The zero-order valence-electron chi connectivity index (χ0n) is 16.2. The molecule has 0 bridgehead atoms. The van der Waals surface area contributed by atoms with Gasteiger partial charge in [0, 0.05) is 25.3 Å². The third kappa shape index (κ3) is 14.4. The van der Waals surface area contributed by atoms with Gasteiger partial charge in [-0.1, -0.05) is 13.3 Å². The third-order valence-corrected chi connectivity index (χ3v) is 4.38. The smallest absolute Gasteiger partial charge is 0.252 e. The van der Waals surface area contributed by atoms with E-state index >= 15 is 0 Å². The van der Waals surface area contributed by atoms with Gasteiger partial charge in [0.25, 0.3) is 5.91 Å². The second-order valence-electron chi connectivity index (χ2n) is 6.69. The Balaban J connectivity index is 4.12. The molecule has 0 aliphatic heterocycles. The fraction of sp³-hybridized carbons (Fsp3) is 0.941. The van der Waals surface area contributed by atoms with Crippen molar-refractivity contribution >= 4 is 18.5 Å². The van der Waals surface area contributed by atoms with E-state index < -0.39 is 0 Å². The van der Waals surface area contributed by atoms with E-state index in [-0.39, 0.29) is 12.5 Å². The predicted octanol–water partition coefficient (Wildman–Crippen LogP) is 1.79. The Morgan fingerprint density at radius 2 is 1.84 bits per heavy atom. The summed E-state index contributed by atoms with van der Waals surface area (Å²) in [6.07, 6.45) is 5.08. The molecule has 0 radical (unpaired) electrons. The molecule has 1 atom stereocenters. The Labute approximate surface area is 158 Å². The lowest BCUT2D eigenvalue weighted by Crippen LogP contribution is -2.48. The number of nitrogens with zero attached hydrogens (tertiary/aromatic N) is 2. The number of carbonyl (C=O) groups is 1. The van der Waals surface area contributed by atoms with Crippen LogP contribution in [-0.2, 0) is 9.63 Å². The van der Waals surface area contributed by atoms with Crippen molar-refractivity contribution in [2.75, 3.05) is 65.7 Å². The summed E-state index contributed by atoms with van der Waals surface area (Å²) in [5.74, 6) is 0.541. The lowest BCUT2D eigenvalue weighted by molar-refractivity contribution is -1.09. The van der Waals surface area contributed by atoms with Crippen LogP contribution in [0.5, 0.6) is 0 Å². The number of thiol groups is 1. The summed E-state index contributed by atoms with van der Waals surface area (Å²) < 4.78 is 12.3. The van der Waals surface area contributed by atoms with Gasteiger partial charge in [0.15, 0.2) is 6.61 Å². The predicted molar refractivity (Wildman–Crippen MR) is 104 cm³/mol. The lowest BCUT2D eigenvalue weighted by Gasteiger charge is -2.31. The maximum Gasteiger partial charge on any atom is 0.252 e. The van der Waals surface area contributed by atoms with E-state index in [0.717, 1.165) is 58.3 Å². The zero-order valence-corrected chi connectivity index (χ0v) is 17.1. The number of amides is 1. The van der Waals surface area contributed by atoms with Crippen molar-refractivity contribution in [1.29, 1.82) is 0 Å². The van der Waals surface area contributed by atoms with Crippen LogP contribution in [0.1, 0.15) is 39.0 Å². The quantitative estimate of drug-likeness (QED) is 0.118. The Morgan fingerprint density at radius 1 is 1.16 bits per heavy atom. The van der Waals surface area contributed by atoms with Crippen LogP contribution in [0.25, 0.3) is 0 Å². The molecule has 1 unspecified atom stereocenters. The monoisotopic (exact) mass is 381 g/mol. The maximum atomic E-state index is 11.9. The van der Waals surface area contributed by atoms with Gasteiger partial charge in [-0.3, -0.25) is 4.79 Å². The van der Waals surface area contributed by atoms with Crippen LogP contribution in [0.15, 0.2) is 0 Å². The van der Waals surface area contributed by atoms with E-state index in [4.69, 9.17) is 4.84 Å². The summed E-state index contributed by atoms with van der Waals surface area (Å²) in [6, 6.07) is 0. The molecule has 0 rings (SSSR count). The van der Waals surface area contributed by atoms with Gasteiger partial charge in [-0.15, -0.1) is 4.48 Å². The summed E-state index contributed by atoms with van der Waals surface area (Å²) >= 11 is 4.08. The third-order valence-electron chi connectivity index (χ3n) is 4.16. The van der Waals surface area contributed by atoms with Gasteiger partial charge in [-0.2, -0.15) is 27.7 Å². The average Bonchev–Trinajstić information content (AvgIpc) is 2.60. The van der Waals surface area contributed by atoms with Crippen molar-refractivity contribution in [3.63, 3.8) is 0 Å². The van der Waals surface area contributed by atoms with Crippen LogP contribution in [-0.4, -0.2) is 81.2 Å². The molecule has 25 heavy (non-hydrogen) atoms. The summed E-state index contributed by atoms with van der Waals surface area (Å²) in [7, 11) is 4.11. The number of nitrogens with one attached hydrogen (secondary N) is 2. The number of hydrogen-bond donors (Lipinski definition) is 3. The number of quaternary nitrogens is 1. The SMILES string of the molecule is CCCC[N+](C)(CCCCN(C)CCCNF)OCC(=O)NCCS. The van der Waals surface area contributed by atoms with Gasteiger partial charge in [0.2, 0.25) is 0 Å². The number of hydroxylamine groups is 3. The molecule has 0 aromatic rings. The highest BCUT2D eigenvalue weighted by atomic mass is 32.1. The summed E-state index contributed by atoms with van der Waals surface area (Å²) in [5.41, 5.74) is 1.68. The molecule has 1 amide bonds. The molecule has 0 spiro atoms. The number of hydrogen-bond acceptors (Lipinski definition) is 5. The van der Waals surface area contributed by atoms with E-state index in [1.807, 2.05) is 0 Å². The van der Waals surface area contributed by atoms with Gasteiger partial charge in [-0.25, -0.2) is 0 Å². The van der Waals surface area contributed by atoms with Crippen LogP contribution in [0, 0.1) is 0 Å². The molecule has 6 nitrogen and oxygen atoms in total. The first-order valence-corrected chi connectivity index (χ1v) is 9.99. The molecule has 0 fully saturated rings. The first kappa shape index (κ1) is 24.6. The van der Waals surface area contributed by atoms with Gasteiger partial charge < -0.3 is 10.2 Å². The van der Waals surface area contributed by atoms with Gasteiger partial charge in [0.1, 0.15) is 13.1 Å². The van der Waals surface area contributed by atoms with Crippen LogP contribution in [0.3, 0.4) is 0 Å². The molecule has 0 aromatic carbocycles. The standard InChI is InChI=1S/C17H37FN4O2S/c1-4-5-13-22(3,24-16-17(23)19-10-15-25)14-7-6-11-21(2)12-8-9-20-18/h20H,4-16H2,1-3H3,(H-,19,23,25)/p+1. The van der Waals surface area contributed by atoms with E-state index in [1.54, 1.807) is 5.54 Å². The number of halogens is 1. The minimum atomic E-state index is -0.0869. The van der Waals surface area contributed by atoms with Crippen molar-refractivity contribution in [2.45, 2.75) is 39.0 Å². The molecule has 0 saturated heterocycles. The van der Waals surface area contributed by atoms with Crippen molar-refractivity contribution < 1.29 is 18.8 Å². The average molecular weight is 382 g/mol. The Bertz CT molecular complexity index is 340. The van der Waals surface area contributed by atoms with Crippen molar-refractivity contribution in [2.24, 2.45) is 0 Å². The minimum absolute atomic E-state index is 0.0869. The topological polar surface area (TPSA) is 53.6 Å². The summed E-state index contributed by atoms with van der Waals surface area (Å²) in [4.78, 5) is 19.9. The zero-order chi connectivity index (χ0) is 19.0. The largest absolute Gasteiger partial charge is 0.353 e. The first-order chi connectivity index (χ1) is 12.0. The molecule has 0 saturated carbocycles. The maximum absolute atomic E-state index is 11.9.